The summed E-state index contributed by atoms with van der Waals surface area (Å²) in [6.07, 6.45) is 4.11. The van der Waals surface area contributed by atoms with Gasteiger partial charge in [-0.25, -0.2) is 0 Å². The third-order valence-electron chi connectivity index (χ3n) is 3.36. The summed E-state index contributed by atoms with van der Waals surface area (Å²) >= 11 is 0. The Morgan fingerprint density at radius 3 is 2.87 bits per heavy atom. The van der Waals surface area contributed by atoms with Gasteiger partial charge in [-0.2, -0.15) is 0 Å². The maximum absolute atomic E-state index is 11.6. The van der Waals surface area contributed by atoms with Gasteiger partial charge < -0.3 is 10.6 Å². The fourth-order valence-corrected chi connectivity index (χ4v) is 1.93. The highest BCUT2D eigenvalue weighted by atomic mass is 16.1. The minimum Gasteiger partial charge on any atom is -0.354 e. The molecule has 1 saturated heterocycles. The number of carbonyl (C=O) groups excluding carboxylic acids is 1. The minimum absolute atomic E-state index is 0.130. The number of nitrogens with one attached hydrogen (secondary N) is 2. The van der Waals surface area contributed by atoms with Crippen LogP contribution in [-0.2, 0) is 4.79 Å². The van der Waals surface area contributed by atoms with Crippen LogP contribution < -0.4 is 10.6 Å². The molecule has 0 bridgehead atoms. The highest BCUT2D eigenvalue weighted by Crippen LogP contribution is 2.17. The highest BCUT2D eigenvalue weighted by molar-refractivity contribution is 5.76. The van der Waals surface area contributed by atoms with E-state index in [0.29, 0.717) is 12.3 Å². The van der Waals surface area contributed by atoms with Crippen LogP contribution in [0.25, 0.3) is 0 Å². The smallest absolute Gasteiger partial charge is 0.220 e. The molecule has 0 radical (unpaired) electrons. The molecule has 0 spiro atoms. The molecule has 15 heavy (non-hydrogen) atoms. The molecule has 1 aliphatic heterocycles. The van der Waals surface area contributed by atoms with Gasteiger partial charge in [0.05, 0.1) is 0 Å². The molecule has 2 N–H and O–H groups in total. The van der Waals surface area contributed by atoms with Crippen molar-refractivity contribution in [2.24, 2.45) is 5.92 Å². The first-order chi connectivity index (χ1) is 7.06. The van der Waals surface area contributed by atoms with E-state index in [1.165, 1.54) is 6.42 Å². The van der Waals surface area contributed by atoms with E-state index in [-0.39, 0.29) is 11.4 Å². The third kappa shape index (κ3) is 4.20. The third-order valence-corrected chi connectivity index (χ3v) is 3.36. The van der Waals surface area contributed by atoms with Crippen molar-refractivity contribution >= 4 is 5.91 Å². The zero-order valence-electron chi connectivity index (χ0n) is 10.2. The summed E-state index contributed by atoms with van der Waals surface area (Å²) in [5, 5.41) is 6.47. The molecule has 2 unspecified atom stereocenters. The summed E-state index contributed by atoms with van der Waals surface area (Å²) < 4.78 is 0. The summed E-state index contributed by atoms with van der Waals surface area (Å²) in [6.45, 7) is 8.27. The first kappa shape index (κ1) is 12.5. The molecule has 1 fully saturated rings. The Kier molecular flexibility index (Phi) is 4.58. The monoisotopic (exact) mass is 212 g/mol. The molecule has 0 saturated carbocycles. The van der Waals surface area contributed by atoms with Crippen molar-refractivity contribution in [2.75, 3.05) is 13.1 Å². The summed E-state index contributed by atoms with van der Waals surface area (Å²) in [5.41, 5.74) is 0.130. The van der Waals surface area contributed by atoms with E-state index >= 15 is 0 Å². The molecule has 3 nitrogen and oxygen atoms in total. The lowest BCUT2D eigenvalue weighted by atomic mass is 10.00. The summed E-state index contributed by atoms with van der Waals surface area (Å²) in [5.74, 6) is 0.689. The quantitative estimate of drug-likeness (QED) is 0.728. The summed E-state index contributed by atoms with van der Waals surface area (Å²) in [7, 11) is 0. The lowest BCUT2D eigenvalue weighted by molar-refractivity contribution is -0.122. The van der Waals surface area contributed by atoms with Crippen LogP contribution in [0.5, 0.6) is 0 Å². The van der Waals surface area contributed by atoms with Crippen LogP contribution in [0, 0.1) is 5.92 Å². The Balaban J connectivity index is 2.21. The molecule has 88 valence electrons. The average Bonchev–Trinajstić information content (AvgIpc) is 2.63. The molecule has 1 amide bonds. The van der Waals surface area contributed by atoms with Gasteiger partial charge in [0.1, 0.15) is 0 Å². The highest BCUT2D eigenvalue weighted by Gasteiger charge is 2.28. The van der Waals surface area contributed by atoms with Crippen LogP contribution in [0.15, 0.2) is 0 Å². The van der Waals surface area contributed by atoms with Gasteiger partial charge >= 0.3 is 0 Å². The second-order valence-electron chi connectivity index (χ2n) is 5.09. The van der Waals surface area contributed by atoms with Gasteiger partial charge in [-0.05, 0) is 32.2 Å². The molecule has 0 aliphatic carbocycles. The number of hydrogen-bond acceptors (Lipinski definition) is 2. The van der Waals surface area contributed by atoms with Crippen molar-refractivity contribution in [1.29, 1.82) is 0 Å². The Hall–Kier alpha value is -0.570. The zero-order chi connectivity index (χ0) is 11.3. The van der Waals surface area contributed by atoms with Crippen molar-refractivity contribution in [3.8, 4) is 0 Å². The molecule has 1 heterocycles. The Morgan fingerprint density at radius 1 is 1.60 bits per heavy atom. The lowest BCUT2D eigenvalue weighted by Crippen LogP contribution is -2.47. The summed E-state index contributed by atoms with van der Waals surface area (Å²) in [6, 6.07) is 0. The molecule has 1 rings (SSSR count). The van der Waals surface area contributed by atoms with E-state index in [9.17, 15) is 4.79 Å². The fraction of sp³-hybridized carbons (Fsp3) is 0.917. The van der Waals surface area contributed by atoms with Crippen LogP contribution in [0.4, 0.5) is 0 Å². The van der Waals surface area contributed by atoms with Crippen molar-refractivity contribution in [3.63, 3.8) is 0 Å². The van der Waals surface area contributed by atoms with E-state index in [0.717, 1.165) is 25.9 Å². The number of carbonyl (C=O) groups is 1. The van der Waals surface area contributed by atoms with Crippen LogP contribution in [0.2, 0.25) is 0 Å². The minimum atomic E-state index is 0.130. The van der Waals surface area contributed by atoms with Crippen LogP contribution in [0.1, 0.15) is 46.5 Å². The number of amides is 1. The Morgan fingerprint density at radius 2 is 2.33 bits per heavy atom. The molecular formula is C12H24N2O. The van der Waals surface area contributed by atoms with Crippen molar-refractivity contribution in [3.05, 3.63) is 0 Å². The second-order valence-corrected chi connectivity index (χ2v) is 5.09. The van der Waals surface area contributed by atoms with Crippen LogP contribution >= 0.6 is 0 Å². The van der Waals surface area contributed by atoms with E-state index < -0.39 is 0 Å². The van der Waals surface area contributed by atoms with E-state index in [1.807, 2.05) is 0 Å². The van der Waals surface area contributed by atoms with Gasteiger partial charge in [-0.3, -0.25) is 4.79 Å². The normalized spacial score (nSPS) is 27.7. The number of hydrogen-bond donors (Lipinski definition) is 2. The lowest BCUT2D eigenvalue weighted by Gasteiger charge is -2.24. The van der Waals surface area contributed by atoms with Crippen LogP contribution in [0.3, 0.4) is 0 Å². The topological polar surface area (TPSA) is 41.1 Å². The van der Waals surface area contributed by atoms with E-state index in [1.54, 1.807) is 0 Å². The first-order valence-electron chi connectivity index (χ1n) is 6.07. The van der Waals surface area contributed by atoms with Crippen molar-refractivity contribution in [2.45, 2.75) is 52.0 Å². The average molecular weight is 212 g/mol. The van der Waals surface area contributed by atoms with Crippen molar-refractivity contribution < 1.29 is 4.79 Å². The molecule has 3 heteroatoms. The maximum atomic E-state index is 11.6. The summed E-state index contributed by atoms with van der Waals surface area (Å²) in [4.78, 5) is 11.6. The second kappa shape index (κ2) is 5.50. The zero-order valence-corrected chi connectivity index (χ0v) is 10.2. The first-order valence-corrected chi connectivity index (χ1v) is 6.07. The van der Waals surface area contributed by atoms with Gasteiger partial charge in [-0.15, -0.1) is 0 Å². The van der Waals surface area contributed by atoms with Gasteiger partial charge in [0.2, 0.25) is 5.91 Å². The molecule has 1 aliphatic rings. The van der Waals surface area contributed by atoms with E-state index in [4.69, 9.17) is 0 Å². The predicted octanol–water partition coefficient (Wildman–Crippen LogP) is 1.68. The largest absolute Gasteiger partial charge is 0.354 e. The van der Waals surface area contributed by atoms with Crippen LogP contribution in [-0.4, -0.2) is 24.5 Å². The SMILES string of the molecule is CCC(C)CC(=O)NCC1(C)CCCN1. The molecule has 0 aromatic rings. The van der Waals surface area contributed by atoms with Crippen molar-refractivity contribution in [1.82, 2.24) is 10.6 Å². The van der Waals surface area contributed by atoms with Gasteiger partial charge in [0.25, 0.3) is 0 Å². The van der Waals surface area contributed by atoms with Gasteiger partial charge in [-0.1, -0.05) is 20.3 Å². The van der Waals surface area contributed by atoms with E-state index in [2.05, 4.69) is 31.4 Å². The molecule has 0 aromatic heterocycles. The predicted molar refractivity (Wildman–Crippen MR) is 62.7 cm³/mol. The Labute approximate surface area is 93.0 Å². The van der Waals surface area contributed by atoms with Gasteiger partial charge in [0, 0.05) is 18.5 Å². The molecular weight excluding hydrogens is 188 g/mol. The Bertz CT molecular complexity index is 210. The maximum Gasteiger partial charge on any atom is 0.220 e. The molecule has 2 atom stereocenters. The number of rotatable bonds is 5. The standard InChI is InChI=1S/C12H24N2O/c1-4-10(2)8-11(15)13-9-12(3)6-5-7-14-12/h10,14H,4-9H2,1-3H3,(H,13,15). The fourth-order valence-electron chi connectivity index (χ4n) is 1.93. The molecule has 0 aromatic carbocycles. The van der Waals surface area contributed by atoms with Gasteiger partial charge in [0.15, 0.2) is 0 Å².